The van der Waals surface area contributed by atoms with E-state index in [4.69, 9.17) is 0 Å². The lowest BCUT2D eigenvalue weighted by molar-refractivity contribution is -0.0288. The minimum Gasteiger partial charge on any atom is -0.201 e. The number of rotatable bonds is 0. The van der Waals surface area contributed by atoms with E-state index < -0.39 is 5.92 Å². The molecule has 0 nitrogen and oxygen atoms in total. The topological polar surface area (TPSA) is 0 Å². The van der Waals surface area contributed by atoms with Crippen LogP contribution in [0.15, 0.2) is 22.7 Å². The van der Waals surface area contributed by atoms with E-state index in [-0.39, 0.29) is 12.0 Å². The zero-order valence-corrected chi connectivity index (χ0v) is 7.16. The Morgan fingerprint density at radius 2 is 2.09 bits per heavy atom. The number of fused-ring (bicyclic) bond motifs is 1. The molecule has 11 heavy (non-hydrogen) atoms. The normalized spacial score (nSPS) is 18.8. The van der Waals surface area contributed by atoms with Crippen molar-refractivity contribution in [2.24, 2.45) is 0 Å². The SMILES string of the molecule is FC1(F)Cc2ccc(Br)cc21. The molecule has 0 aliphatic heterocycles. The number of alkyl halides is 2. The summed E-state index contributed by atoms with van der Waals surface area (Å²) in [7, 11) is 0. The molecular formula is C8H5BrF2. The molecule has 0 aromatic heterocycles. The first-order valence-corrected chi connectivity index (χ1v) is 4.06. The molecule has 0 radical (unpaired) electrons. The van der Waals surface area contributed by atoms with Gasteiger partial charge in [0.25, 0.3) is 5.92 Å². The number of halogens is 3. The van der Waals surface area contributed by atoms with Gasteiger partial charge in [0.05, 0.1) is 0 Å². The van der Waals surface area contributed by atoms with Crippen LogP contribution in [-0.4, -0.2) is 0 Å². The fourth-order valence-electron chi connectivity index (χ4n) is 1.27. The number of hydrogen-bond donors (Lipinski definition) is 0. The number of hydrogen-bond acceptors (Lipinski definition) is 0. The molecule has 0 saturated carbocycles. The molecule has 1 aromatic carbocycles. The highest BCUT2D eigenvalue weighted by Crippen LogP contribution is 2.44. The van der Waals surface area contributed by atoms with E-state index in [9.17, 15) is 8.78 Å². The van der Waals surface area contributed by atoms with E-state index in [1.54, 1.807) is 12.1 Å². The fraction of sp³-hybridized carbons (Fsp3) is 0.250. The maximum absolute atomic E-state index is 12.7. The molecule has 0 bridgehead atoms. The van der Waals surface area contributed by atoms with Crippen LogP contribution in [0.2, 0.25) is 0 Å². The van der Waals surface area contributed by atoms with Gasteiger partial charge in [-0.25, -0.2) is 8.78 Å². The third-order valence-electron chi connectivity index (χ3n) is 1.88. The Kier molecular flexibility index (Phi) is 1.34. The predicted octanol–water partition coefficient (Wildman–Crippen LogP) is 3.10. The third kappa shape index (κ3) is 0.984. The Morgan fingerprint density at radius 1 is 1.36 bits per heavy atom. The summed E-state index contributed by atoms with van der Waals surface area (Å²) in [6.45, 7) is 0. The minimum atomic E-state index is -2.58. The molecule has 1 aliphatic carbocycles. The summed E-state index contributed by atoms with van der Waals surface area (Å²) in [6, 6.07) is 5.00. The summed E-state index contributed by atoms with van der Waals surface area (Å²) >= 11 is 3.15. The van der Waals surface area contributed by atoms with Crippen molar-refractivity contribution < 1.29 is 8.78 Å². The molecule has 1 aliphatic rings. The van der Waals surface area contributed by atoms with Crippen molar-refractivity contribution in [2.75, 3.05) is 0 Å². The highest BCUT2D eigenvalue weighted by atomic mass is 79.9. The summed E-state index contributed by atoms with van der Waals surface area (Å²) in [5.74, 6) is -2.58. The van der Waals surface area contributed by atoms with Crippen LogP contribution in [0.25, 0.3) is 0 Å². The fourth-order valence-corrected chi connectivity index (χ4v) is 1.63. The molecule has 2 rings (SSSR count). The largest absolute Gasteiger partial charge is 0.277 e. The van der Waals surface area contributed by atoms with Gasteiger partial charge in [0.2, 0.25) is 0 Å². The Bertz CT molecular complexity index is 307. The van der Waals surface area contributed by atoms with E-state index in [0.29, 0.717) is 0 Å². The summed E-state index contributed by atoms with van der Waals surface area (Å²) in [5.41, 5.74) is 0.935. The quantitative estimate of drug-likeness (QED) is 0.628. The van der Waals surface area contributed by atoms with Crippen LogP contribution in [-0.2, 0) is 12.3 Å². The molecule has 0 atom stereocenters. The van der Waals surface area contributed by atoms with Crippen molar-refractivity contribution in [1.82, 2.24) is 0 Å². The smallest absolute Gasteiger partial charge is 0.201 e. The molecule has 58 valence electrons. The highest BCUT2D eigenvalue weighted by molar-refractivity contribution is 9.10. The minimum absolute atomic E-state index is 0.102. The van der Waals surface area contributed by atoms with Crippen LogP contribution in [0.1, 0.15) is 11.1 Å². The third-order valence-corrected chi connectivity index (χ3v) is 2.37. The molecule has 0 fully saturated rings. The van der Waals surface area contributed by atoms with Crippen molar-refractivity contribution in [3.63, 3.8) is 0 Å². The monoisotopic (exact) mass is 218 g/mol. The predicted molar refractivity (Wildman–Crippen MR) is 41.7 cm³/mol. The van der Waals surface area contributed by atoms with Gasteiger partial charge in [0.1, 0.15) is 0 Å². The molecular weight excluding hydrogens is 214 g/mol. The van der Waals surface area contributed by atoms with Crippen molar-refractivity contribution in [2.45, 2.75) is 12.3 Å². The van der Waals surface area contributed by atoms with Gasteiger partial charge in [-0.15, -0.1) is 0 Å². The summed E-state index contributed by atoms with van der Waals surface area (Å²) in [6.07, 6.45) is -0.102. The van der Waals surface area contributed by atoms with Crippen LogP contribution in [0, 0.1) is 0 Å². The second-order valence-corrected chi connectivity index (χ2v) is 3.60. The second-order valence-electron chi connectivity index (χ2n) is 2.68. The van der Waals surface area contributed by atoms with Crippen LogP contribution in [0.5, 0.6) is 0 Å². The molecule has 3 heteroatoms. The van der Waals surface area contributed by atoms with Crippen molar-refractivity contribution >= 4 is 15.9 Å². The maximum Gasteiger partial charge on any atom is 0.277 e. The van der Waals surface area contributed by atoms with E-state index in [1.807, 2.05) is 0 Å². The van der Waals surface area contributed by atoms with Crippen LogP contribution < -0.4 is 0 Å². The van der Waals surface area contributed by atoms with E-state index in [2.05, 4.69) is 15.9 Å². The zero-order valence-electron chi connectivity index (χ0n) is 5.57. The molecule has 0 heterocycles. The van der Waals surface area contributed by atoms with Crippen molar-refractivity contribution in [1.29, 1.82) is 0 Å². The van der Waals surface area contributed by atoms with Crippen LogP contribution in [0.4, 0.5) is 8.78 Å². The van der Waals surface area contributed by atoms with Gasteiger partial charge in [-0.1, -0.05) is 22.0 Å². The Hall–Kier alpha value is -0.440. The lowest BCUT2D eigenvalue weighted by Crippen LogP contribution is -2.29. The van der Waals surface area contributed by atoms with Gasteiger partial charge in [-0.2, -0.15) is 0 Å². The second kappa shape index (κ2) is 2.03. The van der Waals surface area contributed by atoms with Crippen LogP contribution in [0.3, 0.4) is 0 Å². The maximum atomic E-state index is 12.7. The van der Waals surface area contributed by atoms with E-state index >= 15 is 0 Å². The highest BCUT2D eigenvalue weighted by Gasteiger charge is 2.43. The van der Waals surface area contributed by atoms with E-state index in [0.717, 1.165) is 10.0 Å². The average Bonchev–Trinajstić information content (AvgIpc) is 1.92. The number of benzene rings is 1. The summed E-state index contributed by atoms with van der Waals surface area (Å²) < 4.78 is 26.1. The van der Waals surface area contributed by atoms with Gasteiger partial charge in [0, 0.05) is 16.5 Å². The van der Waals surface area contributed by atoms with Gasteiger partial charge in [-0.3, -0.25) is 0 Å². The molecule has 0 unspecified atom stereocenters. The molecule has 1 aromatic rings. The summed E-state index contributed by atoms with van der Waals surface area (Å²) in [4.78, 5) is 0. The first-order valence-electron chi connectivity index (χ1n) is 3.26. The van der Waals surface area contributed by atoms with Crippen molar-refractivity contribution in [3.05, 3.63) is 33.8 Å². The average molecular weight is 219 g/mol. The molecule has 0 spiro atoms. The first-order chi connectivity index (χ1) is 5.09. The standard InChI is InChI=1S/C8H5BrF2/c9-6-2-1-5-4-8(10,11)7(5)3-6/h1-3H,4H2. The molecule has 0 amide bonds. The first kappa shape index (κ1) is 7.22. The van der Waals surface area contributed by atoms with Gasteiger partial charge < -0.3 is 0 Å². The molecule has 0 N–H and O–H groups in total. The molecule has 0 saturated heterocycles. The van der Waals surface area contributed by atoms with Gasteiger partial charge in [-0.05, 0) is 17.7 Å². The Balaban J connectivity index is 2.53. The zero-order chi connectivity index (χ0) is 8.06. The lowest BCUT2D eigenvalue weighted by Gasteiger charge is -2.29. The lowest BCUT2D eigenvalue weighted by atomic mass is 9.85. The van der Waals surface area contributed by atoms with E-state index in [1.165, 1.54) is 6.07 Å². The Labute approximate surface area is 71.4 Å². The van der Waals surface area contributed by atoms with Gasteiger partial charge >= 0.3 is 0 Å². The Morgan fingerprint density at radius 3 is 2.64 bits per heavy atom. The van der Waals surface area contributed by atoms with Crippen molar-refractivity contribution in [3.8, 4) is 0 Å². The van der Waals surface area contributed by atoms with Crippen LogP contribution >= 0.6 is 15.9 Å². The summed E-state index contributed by atoms with van der Waals surface area (Å²) in [5, 5.41) is 0. The van der Waals surface area contributed by atoms with Gasteiger partial charge in [0.15, 0.2) is 0 Å².